The van der Waals surface area contributed by atoms with Crippen LogP contribution in [0.2, 0.25) is 0 Å². The molecule has 0 radical (unpaired) electrons. The lowest BCUT2D eigenvalue weighted by Gasteiger charge is -2.07. The number of benzene rings is 1. The largest absolute Gasteiger partial charge is 0.197 e. The van der Waals surface area contributed by atoms with Gasteiger partial charge < -0.3 is 0 Å². The smallest absolute Gasteiger partial charge is 0.124 e. The van der Waals surface area contributed by atoms with Gasteiger partial charge in [-0.1, -0.05) is 18.2 Å². The summed E-state index contributed by atoms with van der Waals surface area (Å²) in [7, 11) is 0. The molecule has 0 aromatic heterocycles. The molecule has 0 saturated carbocycles. The second-order valence-corrected chi connectivity index (χ2v) is 3.69. The van der Waals surface area contributed by atoms with Crippen molar-refractivity contribution in [1.29, 1.82) is 5.26 Å². The van der Waals surface area contributed by atoms with E-state index < -0.39 is 5.38 Å². The minimum atomic E-state index is -0.416. The van der Waals surface area contributed by atoms with Gasteiger partial charge in [-0.3, -0.25) is 0 Å². The van der Waals surface area contributed by atoms with E-state index in [1.165, 1.54) is 16.7 Å². The van der Waals surface area contributed by atoms with Gasteiger partial charge in [-0.05, 0) is 30.5 Å². The van der Waals surface area contributed by atoms with Crippen LogP contribution >= 0.6 is 11.6 Å². The topological polar surface area (TPSA) is 23.8 Å². The fourth-order valence-electron chi connectivity index (χ4n) is 1.27. The monoisotopic (exact) mass is 193 g/mol. The summed E-state index contributed by atoms with van der Waals surface area (Å²) in [4.78, 5) is 0. The van der Waals surface area contributed by atoms with Crippen LogP contribution in [-0.4, -0.2) is 5.38 Å². The van der Waals surface area contributed by atoms with E-state index in [1.54, 1.807) is 0 Å². The molecule has 0 bridgehead atoms. The van der Waals surface area contributed by atoms with Crippen LogP contribution in [-0.2, 0) is 6.42 Å². The van der Waals surface area contributed by atoms with Crippen molar-refractivity contribution in [1.82, 2.24) is 0 Å². The molecule has 2 heteroatoms. The summed E-state index contributed by atoms with van der Waals surface area (Å²) >= 11 is 5.76. The van der Waals surface area contributed by atoms with Gasteiger partial charge in [0, 0.05) is 6.42 Å². The zero-order valence-electron chi connectivity index (χ0n) is 7.84. The summed E-state index contributed by atoms with van der Waals surface area (Å²) in [6, 6.07) is 8.11. The average molecular weight is 194 g/mol. The lowest BCUT2D eigenvalue weighted by atomic mass is 10.00. The van der Waals surface area contributed by atoms with Crippen molar-refractivity contribution in [3.63, 3.8) is 0 Å². The Bertz CT molecular complexity index is 338. The lowest BCUT2D eigenvalue weighted by Crippen LogP contribution is -2.02. The predicted octanol–water partition coefficient (Wildman–Crippen LogP) is 2.98. The van der Waals surface area contributed by atoms with E-state index >= 15 is 0 Å². The van der Waals surface area contributed by atoms with Crippen molar-refractivity contribution in [2.45, 2.75) is 25.6 Å². The Morgan fingerprint density at radius 1 is 1.46 bits per heavy atom. The highest BCUT2D eigenvalue weighted by molar-refractivity contribution is 6.22. The Morgan fingerprint density at radius 2 is 2.15 bits per heavy atom. The van der Waals surface area contributed by atoms with Crippen LogP contribution in [0.5, 0.6) is 0 Å². The molecule has 1 unspecified atom stereocenters. The second kappa shape index (κ2) is 4.30. The molecule has 0 fully saturated rings. The summed E-state index contributed by atoms with van der Waals surface area (Å²) in [5.41, 5.74) is 3.66. The molecule has 1 rings (SSSR count). The van der Waals surface area contributed by atoms with Crippen LogP contribution in [0.4, 0.5) is 0 Å². The fourth-order valence-corrected chi connectivity index (χ4v) is 1.44. The maximum absolute atomic E-state index is 8.57. The third kappa shape index (κ3) is 2.47. The molecule has 0 aliphatic carbocycles. The number of nitrogens with zero attached hydrogens (tertiary/aromatic N) is 1. The first kappa shape index (κ1) is 10.1. The SMILES string of the molecule is Cc1cccc(CC(Cl)C#N)c1C. The molecule has 0 spiro atoms. The van der Waals surface area contributed by atoms with Crippen molar-refractivity contribution in [3.8, 4) is 6.07 Å². The molecular weight excluding hydrogens is 182 g/mol. The van der Waals surface area contributed by atoms with E-state index in [0.717, 1.165) is 0 Å². The van der Waals surface area contributed by atoms with Crippen molar-refractivity contribution >= 4 is 11.6 Å². The Kier molecular flexibility index (Phi) is 3.33. The number of nitriles is 1. The van der Waals surface area contributed by atoms with Gasteiger partial charge in [0.15, 0.2) is 0 Å². The van der Waals surface area contributed by atoms with Gasteiger partial charge in [-0.2, -0.15) is 5.26 Å². The van der Waals surface area contributed by atoms with E-state index in [-0.39, 0.29) is 0 Å². The van der Waals surface area contributed by atoms with Crippen LogP contribution in [0.25, 0.3) is 0 Å². The predicted molar refractivity (Wildman–Crippen MR) is 54.9 cm³/mol. The van der Waals surface area contributed by atoms with Crippen LogP contribution in [0.15, 0.2) is 18.2 Å². The summed E-state index contributed by atoms with van der Waals surface area (Å²) in [6.45, 7) is 4.13. The Hall–Kier alpha value is -1.00. The highest BCUT2D eigenvalue weighted by atomic mass is 35.5. The first-order chi connectivity index (χ1) is 6.15. The number of alkyl halides is 1. The summed E-state index contributed by atoms with van der Waals surface area (Å²) < 4.78 is 0. The molecule has 0 amide bonds. The Labute approximate surface area is 84.0 Å². The molecule has 0 aliphatic heterocycles. The maximum atomic E-state index is 8.57. The average Bonchev–Trinajstić information content (AvgIpc) is 2.13. The van der Waals surface area contributed by atoms with E-state index in [4.69, 9.17) is 16.9 Å². The van der Waals surface area contributed by atoms with Crippen molar-refractivity contribution < 1.29 is 0 Å². The van der Waals surface area contributed by atoms with Gasteiger partial charge >= 0.3 is 0 Å². The van der Waals surface area contributed by atoms with Gasteiger partial charge in [-0.25, -0.2) is 0 Å². The van der Waals surface area contributed by atoms with Crippen LogP contribution < -0.4 is 0 Å². The molecule has 0 heterocycles. The van der Waals surface area contributed by atoms with Gasteiger partial charge in [0.25, 0.3) is 0 Å². The molecule has 0 saturated heterocycles. The minimum Gasteiger partial charge on any atom is -0.197 e. The lowest BCUT2D eigenvalue weighted by molar-refractivity contribution is 0.997. The highest BCUT2D eigenvalue weighted by Gasteiger charge is 2.06. The molecule has 0 aliphatic rings. The van der Waals surface area contributed by atoms with Crippen molar-refractivity contribution in [2.24, 2.45) is 0 Å². The van der Waals surface area contributed by atoms with Gasteiger partial charge in [0.1, 0.15) is 5.38 Å². The maximum Gasteiger partial charge on any atom is 0.124 e. The Balaban J connectivity index is 2.90. The van der Waals surface area contributed by atoms with Crippen molar-refractivity contribution in [3.05, 3.63) is 34.9 Å². The first-order valence-electron chi connectivity index (χ1n) is 4.24. The molecule has 0 N–H and O–H groups in total. The molecule has 68 valence electrons. The summed E-state index contributed by atoms with van der Waals surface area (Å²) in [5.74, 6) is 0. The van der Waals surface area contributed by atoms with Crippen LogP contribution in [0.1, 0.15) is 16.7 Å². The normalized spacial score (nSPS) is 12.2. The molecule has 1 nitrogen and oxygen atoms in total. The van der Waals surface area contributed by atoms with E-state index in [9.17, 15) is 0 Å². The number of halogens is 1. The van der Waals surface area contributed by atoms with Gasteiger partial charge in [0.2, 0.25) is 0 Å². The highest BCUT2D eigenvalue weighted by Crippen LogP contribution is 2.15. The quantitative estimate of drug-likeness (QED) is 0.663. The molecular formula is C11H12ClN. The van der Waals surface area contributed by atoms with Gasteiger partial charge in [-0.15, -0.1) is 11.6 Å². The first-order valence-corrected chi connectivity index (χ1v) is 4.67. The fraction of sp³-hybridized carbons (Fsp3) is 0.364. The number of hydrogen-bond acceptors (Lipinski definition) is 1. The molecule has 1 aromatic rings. The molecule has 1 aromatic carbocycles. The van der Waals surface area contributed by atoms with Crippen molar-refractivity contribution in [2.75, 3.05) is 0 Å². The minimum absolute atomic E-state index is 0.416. The summed E-state index contributed by atoms with van der Waals surface area (Å²) in [5, 5.41) is 8.16. The van der Waals surface area contributed by atoms with Gasteiger partial charge in [0.05, 0.1) is 6.07 Å². The molecule has 1 atom stereocenters. The number of hydrogen-bond donors (Lipinski definition) is 0. The number of rotatable bonds is 2. The zero-order chi connectivity index (χ0) is 9.84. The van der Waals surface area contributed by atoms with E-state index in [0.29, 0.717) is 6.42 Å². The standard InChI is InChI=1S/C11H12ClN/c1-8-4-3-5-10(9(8)2)6-11(12)7-13/h3-5,11H,6H2,1-2H3. The second-order valence-electron chi connectivity index (χ2n) is 3.16. The van der Waals surface area contributed by atoms with Crippen LogP contribution in [0, 0.1) is 25.2 Å². The summed E-state index contributed by atoms with van der Waals surface area (Å²) in [6.07, 6.45) is 0.631. The van der Waals surface area contributed by atoms with Crippen LogP contribution in [0.3, 0.4) is 0 Å². The Morgan fingerprint density at radius 3 is 2.77 bits per heavy atom. The third-order valence-corrected chi connectivity index (χ3v) is 2.51. The third-order valence-electron chi connectivity index (χ3n) is 2.26. The molecule has 13 heavy (non-hydrogen) atoms. The zero-order valence-corrected chi connectivity index (χ0v) is 8.60. The van der Waals surface area contributed by atoms with E-state index in [1.807, 2.05) is 18.2 Å². The number of aryl methyl sites for hydroxylation is 1. The van der Waals surface area contributed by atoms with E-state index in [2.05, 4.69) is 19.9 Å².